The van der Waals surface area contributed by atoms with E-state index in [2.05, 4.69) is 4.98 Å². The summed E-state index contributed by atoms with van der Waals surface area (Å²) in [6.45, 7) is 1.38. The number of hydrogen-bond donors (Lipinski definition) is 2. The topological polar surface area (TPSA) is 149 Å². The summed E-state index contributed by atoms with van der Waals surface area (Å²) < 4.78 is 19.5. The van der Waals surface area contributed by atoms with Gasteiger partial charge in [0.1, 0.15) is 35.1 Å². The fourth-order valence-corrected chi connectivity index (χ4v) is 6.24. The monoisotopic (exact) mass is 570 g/mol. The lowest BCUT2D eigenvalue weighted by molar-refractivity contribution is -0.129. The molecule has 12 nitrogen and oxygen atoms in total. The lowest BCUT2D eigenvalue weighted by Gasteiger charge is -2.24. The molecule has 1 aliphatic heterocycles. The van der Waals surface area contributed by atoms with Gasteiger partial charge in [-0.05, 0) is 25.0 Å². The van der Waals surface area contributed by atoms with Crippen LogP contribution in [0.25, 0.3) is 21.0 Å². The highest BCUT2D eigenvalue weighted by atomic mass is 32.1. The molecular formula is C27H30N4O8S. The minimum atomic E-state index is -1.14. The van der Waals surface area contributed by atoms with E-state index in [0.717, 1.165) is 4.57 Å². The number of likely N-dealkylation sites (tertiary alicyclic amines) is 1. The molecule has 40 heavy (non-hydrogen) atoms. The lowest BCUT2D eigenvalue weighted by atomic mass is 10.1. The average molecular weight is 571 g/mol. The number of carbonyl (C=O) groups is 1. The van der Waals surface area contributed by atoms with E-state index >= 15 is 0 Å². The molecule has 1 aliphatic rings. The Labute approximate surface area is 232 Å². The van der Waals surface area contributed by atoms with Crippen molar-refractivity contribution in [1.82, 2.24) is 19.0 Å². The van der Waals surface area contributed by atoms with Crippen LogP contribution in [0.15, 0.2) is 50.7 Å². The van der Waals surface area contributed by atoms with Gasteiger partial charge in [-0.3, -0.25) is 14.2 Å². The molecular weight excluding hydrogens is 540 g/mol. The Balaban J connectivity index is 1.74. The van der Waals surface area contributed by atoms with Crippen LogP contribution < -0.4 is 16.0 Å². The number of thiophene rings is 1. The molecule has 0 saturated carbocycles. The highest BCUT2D eigenvalue weighted by Gasteiger charge is 2.35. The molecule has 2 unspecified atom stereocenters. The third-order valence-electron chi connectivity index (χ3n) is 7.12. The normalized spacial score (nSPS) is 17.1. The summed E-state index contributed by atoms with van der Waals surface area (Å²) >= 11 is 1.19. The summed E-state index contributed by atoms with van der Waals surface area (Å²) in [6.07, 6.45) is 1.28. The van der Waals surface area contributed by atoms with Gasteiger partial charge in [0.25, 0.3) is 5.56 Å². The van der Waals surface area contributed by atoms with E-state index in [1.807, 2.05) is 0 Å². The van der Waals surface area contributed by atoms with Crippen molar-refractivity contribution in [2.45, 2.75) is 38.1 Å². The van der Waals surface area contributed by atoms with Crippen molar-refractivity contribution in [3.63, 3.8) is 0 Å². The number of carbonyl (C=O) groups excluding carboxylic acids is 1. The third-order valence-corrected chi connectivity index (χ3v) is 8.42. The van der Waals surface area contributed by atoms with E-state index in [-0.39, 0.29) is 24.4 Å². The standard InChI is InChI=1S/C27H30N4O8S/c1-15-21-25(35)31(18-8-10-29(2)24(18)34)27(36)30(26(21)40-22(15)23-28-9-11-38-23)12-20(39-14-16(33)13-32)17-6-4-5-7-19(17)37-3/h4-7,9,11,16,18,20,32-33H,8,10,12-14H2,1-3H3/t16?,18?,20-/m0/s1. The van der Waals surface area contributed by atoms with Crippen LogP contribution >= 0.6 is 11.3 Å². The molecule has 1 amide bonds. The Morgan fingerprint density at radius 2 is 2.02 bits per heavy atom. The molecule has 3 atom stereocenters. The van der Waals surface area contributed by atoms with Gasteiger partial charge in [-0.15, -0.1) is 11.3 Å². The maximum Gasteiger partial charge on any atom is 0.332 e. The lowest BCUT2D eigenvalue weighted by Crippen LogP contribution is -2.44. The van der Waals surface area contributed by atoms with Crippen LogP contribution in [-0.4, -0.2) is 75.2 Å². The van der Waals surface area contributed by atoms with Crippen molar-refractivity contribution in [3.05, 3.63) is 68.7 Å². The van der Waals surface area contributed by atoms with E-state index < -0.39 is 36.1 Å². The minimum absolute atomic E-state index is 0.0735. The summed E-state index contributed by atoms with van der Waals surface area (Å²) in [5.41, 5.74) is -0.0236. The fourth-order valence-electron chi connectivity index (χ4n) is 5.00. The van der Waals surface area contributed by atoms with Crippen molar-refractivity contribution in [3.8, 4) is 16.5 Å². The number of aromatic nitrogens is 3. The smallest absolute Gasteiger partial charge is 0.332 e. The molecule has 0 spiro atoms. The fraction of sp³-hybridized carbons (Fsp3) is 0.407. The molecule has 0 aliphatic carbocycles. The number of oxazole rings is 1. The molecule has 13 heteroatoms. The van der Waals surface area contributed by atoms with Gasteiger partial charge in [0.15, 0.2) is 0 Å². The second-order valence-corrected chi connectivity index (χ2v) is 10.6. The number of rotatable bonds is 10. The van der Waals surface area contributed by atoms with Gasteiger partial charge < -0.3 is 29.0 Å². The number of para-hydroxylation sites is 1. The number of ether oxygens (including phenoxy) is 2. The molecule has 212 valence electrons. The van der Waals surface area contributed by atoms with Crippen molar-refractivity contribution >= 4 is 27.5 Å². The summed E-state index contributed by atoms with van der Waals surface area (Å²) in [6, 6.07) is 6.17. The van der Waals surface area contributed by atoms with E-state index in [4.69, 9.17) is 13.9 Å². The predicted molar refractivity (Wildman–Crippen MR) is 147 cm³/mol. The summed E-state index contributed by atoms with van der Waals surface area (Å²) in [7, 11) is 3.15. The Hall–Kier alpha value is -3.78. The number of amides is 1. The van der Waals surface area contributed by atoms with Gasteiger partial charge in [0.2, 0.25) is 11.8 Å². The zero-order chi connectivity index (χ0) is 28.6. The van der Waals surface area contributed by atoms with E-state index in [1.165, 1.54) is 40.4 Å². The number of benzene rings is 1. The van der Waals surface area contributed by atoms with Crippen molar-refractivity contribution in [1.29, 1.82) is 0 Å². The highest BCUT2D eigenvalue weighted by Crippen LogP contribution is 2.37. The number of hydrogen-bond acceptors (Lipinski definition) is 10. The number of aryl methyl sites for hydroxylation is 1. The maximum atomic E-state index is 14.1. The van der Waals surface area contributed by atoms with Gasteiger partial charge in [-0.1, -0.05) is 18.2 Å². The SMILES string of the molecule is COc1ccccc1[C@H](Cn1c(=O)n(C2CCN(C)C2=O)c(=O)c2c(C)c(-c3ncco3)sc21)OCC(O)CO. The first kappa shape index (κ1) is 27.8. The minimum Gasteiger partial charge on any atom is -0.496 e. The number of fused-ring (bicyclic) bond motifs is 1. The Morgan fingerprint density at radius 3 is 2.67 bits per heavy atom. The third kappa shape index (κ3) is 4.85. The summed E-state index contributed by atoms with van der Waals surface area (Å²) in [5, 5.41) is 19.7. The van der Waals surface area contributed by atoms with Gasteiger partial charge in [0, 0.05) is 19.2 Å². The quantitative estimate of drug-likeness (QED) is 0.291. The Bertz CT molecular complexity index is 1640. The summed E-state index contributed by atoms with van der Waals surface area (Å²) in [4.78, 5) is 47.7. The predicted octanol–water partition coefficient (Wildman–Crippen LogP) is 1.71. The second-order valence-electron chi connectivity index (χ2n) is 9.61. The highest BCUT2D eigenvalue weighted by molar-refractivity contribution is 7.22. The van der Waals surface area contributed by atoms with Crippen LogP contribution in [0.5, 0.6) is 5.75 Å². The maximum absolute atomic E-state index is 14.1. The van der Waals surface area contributed by atoms with E-state index in [1.54, 1.807) is 38.2 Å². The van der Waals surface area contributed by atoms with Crippen LogP contribution in [0, 0.1) is 6.92 Å². The first-order valence-electron chi connectivity index (χ1n) is 12.7. The molecule has 1 fully saturated rings. The second kappa shape index (κ2) is 11.4. The molecule has 3 aromatic heterocycles. The van der Waals surface area contributed by atoms with Gasteiger partial charge >= 0.3 is 5.69 Å². The molecule has 5 rings (SSSR count). The molecule has 1 saturated heterocycles. The number of aliphatic hydroxyl groups is 2. The van der Waals surface area contributed by atoms with Gasteiger partial charge in [-0.2, -0.15) is 0 Å². The van der Waals surface area contributed by atoms with Gasteiger partial charge in [-0.25, -0.2) is 14.3 Å². The average Bonchev–Trinajstić information content (AvgIpc) is 3.69. The molecule has 2 N–H and O–H groups in total. The molecule has 0 bridgehead atoms. The molecule has 4 heterocycles. The Morgan fingerprint density at radius 1 is 1.25 bits per heavy atom. The largest absolute Gasteiger partial charge is 0.496 e. The molecule has 4 aromatic rings. The van der Waals surface area contributed by atoms with Crippen LogP contribution in [0.1, 0.15) is 29.7 Å². The van der Waals surface area contributed by atoms with Crippen molar-refractivity contribution < 1.29 is 28.9 Å². The Kier molecular flexibility index (Phi) is 7.90. The van der Waals surface area contributed by atoms with E-state index in [9.17, 15) is 24.6 Å². The zero-order valence-corrected chi connectivity index (χ0v) is 23.1. The van der Waals surface area contributed by atoms with Crippen LogP contribution in [-0.2, 0) is 16.1 Å². The summed E-state index contributed by atoms with van der Waals surface area (Å²) in [5.74, 6) is 0.498. The molecule has 1 aromatic carbocycles. The van der Waals surface area contributed by atoms with E-state index in [0.29, 0.717) is 45.4 Å². The van der Waals surface area contributed by atoms with Gasteiger partial charge in [0.05, 0.1) is 43.3 Å². The first-order valence-corrected chi connectivity index (χ1v) is 13.5. The number of nitrogens with zero attached hydrogens (tertiary/aromatic N) is 4. The van der Waals surface area contributed by atoms with Crippen LogP contribution in [0.3, 0.4) is 0 Å². The van der Waals surface area contributed by atoms with Crippen molar-refractivity contribution in [2.75, 3.05) is 33.9 Å². The van der Waals surface area contributed by atoms with Crippen molar-refractivity contribution in [2.24, 2.45) is 0 Å². The zero-order valence-electron chi connectivity index (χ0n) is 22.3. The number of methoxy groups -OCH3 is 1. The molecule has 0 radical (unpaired) electrons. The number of likely N-dealkylation sites (N-methyl/N-ethyl adjacent to an activating group) is 1. The first-order chi connectivity index (χ1) is 19.3. The number of aliphatic hydroxyl groups excluding tert-OH is 2. The van der Waals surface area contributed by atoms with Crippen LogP contribution in [0.4, 0.5) is 0 Å². The van der Waals surface area contributed by atoms with Crippen LogP contribution in [0.2, 0.25) is 0 Å².